The third-order valence-electron chi connectivity index (χ3n) is 4.37. The van der Waals surface area contributed by atoms with E-state index in [1.807, 2.05) is 12.1 Å². The minimum absolute atomic E-state index is 0.141. The van der Waals surface area contributed by atoms with Crippen LogP contribution in [0.5, 0.6) is 5.75 Å². The molecule has 94 valence electrons. The third kappa shape index (κ3) is 2.47. The van der Waals surface area contributed by atoms with Crippen molar-refractivity contribution in [3.8, 4) is 5.75 Å². The van der Waals surface area contributed by atoms with E-state index in [0.717, 1.165) is 24.5 Å². The van der Waals surface area contributed by atoms with E-state index < -0.39 is 0 Å². The van der Waals surface area contributed by atoms with Crippen LogP contribution in [-0.2, 0) is 5.54 Å². The summed E-state index contributed by atoms with van der Waals surface area (Å²) in [6.45, 7) is 4.65. The molecule has 0 heterocycles. The van der Waals surface area contributed by atoms with Crippen molar-refractivity contribution >= 4 is 0 Å². The van der Waals surface area contributed by atoms with Gasteiger partial charge >= 0.3 is 0 Å². The fourth-order valence-corrected chi connectivity index (χ4v) is 2.83. The molecule has 0 amide bonds. The van der Waals surface area contributed by atoms with E-state index in [0.29, 0.717) is 5.92 Å². The zero-order valence-electron chi connectivity index (χ0n) is 11.1. The number of hydrogen-bond donors (Lipinski definition) is 1. The molecule has 1 aliphatic carbocycles. The van der Waals surface area contributed by atoms with Crippen molar-refractivity contribution in [1.29, 1.82) is 0 Å². The summed E-state index contributed by atoms with van der Waals surface area (Å²) in [4.78, 5) is 0. The minimum atomic E-state index is -0.141. The standard InChI is InChI=1S/C15H23NO/c1-11-8-9-15(16,10-12(11)2)13-4-6-14(17-3)7-5-13/h4-7,11-12H,8-10,16H2,1-3H3. The van der Waals surface area contributed by atoms with Crippen LogP contribution in [0.3, 0.4) is 0 Å². The maximum absolute atomic E-state index is 6.58. The molecule has 3 atom stereocenters. The van der Waals surface area contributed by atoms with Crippen LogP contribution in [0, 0.1) is 11.8 Å². The summed E-state index contributed by atoms with van der Waals surface area (Å²) in [5.41, 5.74) is 7.69. The Morgan fingerprint density at radius 3 is 2.35 bits per heavy atom. The lowest BCUT2D eigenvalue weighted by molar-refractivity contribution is 0.177. The van der Waals surface area contributed by atoms with Crippen LogP contribution in [0.1, 0.15) is 38.7 Å². The van der Waals surface area contributed by atoms with Crippen LogP contribution < -0.4 is 10.5 Å². The zero-order chi connectivity index (χ0) is 12.5. The van der Waals surface area contributed by atoms with Gasteiger partial charge in [-0.05, 0) is 48.8 Å². The van der Waals surface area contributed by atoms with Crippen molar-refractivity contribution < 1.29 is 4.74 Å². The molecule has 0 radical (unpaired) electrons. The molecular formula is C15H23NO. The van der Waals surface area contributed by atoms with Crippen molar-refractivity contribution in [3.63, 3.8) is 0 Å². The molecule has 1 aromatic rings. The summed E-state index contributed by atoms with van der Waals surface area (Å²) < 4.78 is 5.19. The van der Waals surface area contributed by atoms with Gasteiger partial charge in [0.1, 0.15) is 5.75 Å². The van der Waals surface area contributed by atoms with Crippen LogP contribution in [0.25, 0.3) is 0 Å². The van der Waals surface area contributed by atoms with Gasteiger partial charge in [-0.25, -0.2) is 0 Å². The monoisotopic (exact) mass is 233 g/mol. The molecule has 2 rings (SSSR count). The topological polar surface area (TPSA) is 35.2 Å². The molecule has 1 aliphatic rings. The lowest BCUT2D eigenvalue weighted by Crippen LogP contribution is -2.43. The van der Waals surface area contributed by atoms with Crippen LogP contribution in [-0.4, -0.2) is 7.11 Å². The van der Waals surface area contributed by atoms with Gasteiger partial charge in [-0.2, -0.15) is 0 Å². The van der Waals surface area contributed by atoms with Gasteiger partial charge in [0.2, 0.25) is 0 Å². The smallest absolute Gasteiger partial charge is 0.118 e. The summed E-state index contributed by atoms with van der Waals surface area (Å²) >= 11 is 0. The summed E-state index contributed by atoms with van der Waals surface area (Å²) in [6.07, 6.45) is 3.40. The highest BCUT2D eigenvalue weighted by Crippen LogP contribution is 2.40. The van der Waals surface area contributed by atoms with Crippen LogP contribution in [0.4, 0.5) is 0 Å². The number of ether oxygens (including phenoxy) is 1. The van der Waals surface area contributed by atoms with Gasteiger partial charge in [-0.3, -0.25) is 0 Å². The van der Waals surface area contributed by atoms with Crippen LogP contribution in [0.2, 0.25) is 0 Å². The van der Waals surface area contributed by atoms with Gasteiger partial charge in [0.25, 0.3) is 0 Å². The van der Waals surface area contributed by atoms with Gasteiger partial charge in [0.15, 0.2) is 0 Å². The number of hydrogen-bond acceptors (Lipinski definition) is 2. The Hall–Kier alpha value is -1.02. The van der Waals surface area contributed by atoms with E-state index in [4.69, 9.17) is 10.5 Å². The quantitative estimate of drug-likeness (QED) is 0.850. The number of methoxy groups -OCH3 is 1. The number of rotatable bonds is 2. The molecule has 1 fully saturated rings. The molecule has 17 heavy (non-hydrogen) atoms. The van der Waals surface area contributed by atoms with Gasteiger partial charge in [-0.1, -0.05) is 26.0 Å². The first-order valence-corrected chi connectivity index (χ1v) is 6.48. The third-order valence-corrected chi connectivity index (χ3v) is 4.37. The Labute approximate surface area is 104 Å². The molecule has 0 aliphatic heterocycles. The maximum atomic E-state index is 6.58. The molecule has 1 saturated carbocycles. The van der Waals surface area contributed by atoms with E-state index in [-0.39, 0.29) is 5.54 Å². The van der Waals surface area contributed by atoms with E-state index in [1.165, 1.54) is 12.0 Å². The largest absolute Gasteiger partial charge is 0.497 e. The molecule has 1 aromatic carbocycles. The Bertz CT molecular complexity index is 373. The lowest BCUT2D eigenvalue weighted by atomic mass is 9.69. The molecule has 0 aromatic heterocycles. The molecule has 0 saturated heterocycles. The fourth-order valence-electron chi connectivity index (χ4n) is 2.83. The summed E-state index contributed by atoms with van der Waals surface area (Å²) in [5.74, 6) is 2.40. The predicted octanol–water partition coefficient (Wildman–Crippen LogP) is 3.31. The Balaban J connectivity index is 2.19. The Morgan fingerprint density at radius 2 is 1.82 bits per heavy atom. The van der Waals surface area contributed by atoms with Crippen molar-refractivity contribution in [2.75, 3.05) is 7.11 Å². The fraction of sp³-hybridized carbons (Fsp3) is 0.600. The first-order chi connectivity index (χ1) is 8.05. The van der Waals surface area contributed by atoms with Gasteiger partial charge in [0, 0.05) is 5.54 Å². The molecule has 0 bridgehead atoms. The van der Waals surface area contributed by atoms with E-state index >= 15 is 0 Å². The molecule has 2 N–H and O–H groups in total. The predicted molar refractivity (Wildman–Crippen MR) is 71.0 cm³/mol. The summed E-state index contributed by atoms with van der Waals surface area (Å²) in [7, 11) is 1.69. The summed E-state index contributed by atoms with van der Waals surface area (Å²) in [6, 6.07) is 8.24. The average Bonchev–Trinajstić information content (AvgIpc) is 2.34. The molecule has 0 spiro atoms. The second kappa shape index (κ2) is 4.69. The normalized spacial score (nSPS) is 33.4. The molecule has 3 unspecified atom stereocenters. The summed E-state index contributed by atoms with van der Waals surface area (Å²) in [5, 5.41) is 0. The second-order valence-corrected chi connectivity index (χ2v) is 5.58. The average molecular weight is 233 g/mol. The van der Waals surface area contributed by atoms with Gasteiger partial charge in [0.05, 0.1) is 7.11 Å². The molecule has 2 heteroatoms. The van der Waals surface area contributed by atoms with Crippen LogP contribution in [0.15, 0.2) is 24.3 Å². The van der Waals surface area contributed by atoms with Crippen molar-refractivity contribution in [2.24, 2.45) is 17.6 Å². The first-order valence-electron chi connectivity index (χ1n) is 6.48. The minimum Gasteiger partial charge on any atom is -0.497 e. The maximum Gasteiger partial charge on any atom is 0.118 e. The van der Waals surface area contributed by atoms with Crippen LogP contribution >= 0.6 is 0 Å². The van der Waals surface area contributed by atoms with Crippen molar-refractivity contribution in [1.82, 2.24) is 0 Å². The van der Waals surface area contributed by atoms with Crippen molar-refractivity contribution in [3.05, 3.63) is 29.8 Å². The lowest BCUT2D eigenvalue weighted by Gasteiger charge is -2.40. The van der Waals surface area contributed by atoms with Gasteiger partial charge < -0.3 is 10.5 Å². The first kappa shape index (κ1) is 12.4. The Kier molecular flexibility index (Phi) is 3.43. The highest BCUT2D eigenvalue weighted by atomic mass is 16.5. The molecular weight excluding hydrogens is 210 g/mol. The van der Waals surface area contributed by atoms with Gasteiger partial charge in [-0.15, -0.1) is 0 Å². The highest BCUT2D eigenvalue weighted by Gasteiger charge is 2.35. The SMILES string of the molecule is COc1ccc(C2(N)CCC(C)C(C)C2)cc1. The van der Waals surface area contributed by atoms with E-state index in [1.54, 1.807) is 7.11 Å². The number of nitrogens with two attached hydrogens (primary N) is 1. The van der Waals surface area contributed by atoms with E-state index in [9.17, 15) is 0 Å². The number of benzene rings is 1. The Morgan fingerprint density at radius 1 is 1.18 bits per heavy atom. The van der Waals surface area contributed by atoms with E-state index in [2.05, 4.69) is 26.0 Å². The van der Waals surface area contributed by atoms with Crippen molar-refractivity contribution in [2.45, 2.75) is 38.6 Å². The highest BCUT2D eigenvalue weighted by molar-refractivity contribution is 5.32. The zero-order valence-corrected chi connectivity index (χ0v) is 11.1. The molecule has 2 nitrogen and oxygen atoms in total. The second-order valence-electron chi connectivity index (χ2n) is 5.58.